The number of nitrogens with two attached hydrogens (primary N) is 1. The lowest BCUT2D eigenvalue weighted by Crippen LogP contribution is -2.31. The highest BCUT2D eigenvalue weighted by atomic mass is 19.1. The van der Waals surface area contributed by atoms with Crippen molar-refractivity contribution >= 4 is 23.1 Å². The van der Waals surface area contributed by atoms with Crippen LogP contribution in [-0.2, 0) is 4.79 Å². The van der Waals surface area contributed by atoms with Gasteiger partial charge in [0, 0.05) is 29.6 Å². The highest BCUT2D eigenvalue weighted by molar-refractivity contribution is 6.42. The second-order valence-corrected chi connectivity index (χ2v) is 7.08. The molecule has 2 aromatic carbocycles. The zero-order chi connectivity index (χ0) is 22.4. The van der Waals surface area contributed by atoms with Crippen LogP contribution in [0.4, 0.5) is 10.1 Å². The van der Waals surface area contributed by atoms with Crippen molar-refractivity contribution in [2.24, 2.45) is 5.73 Å². The third-order valence-electron chi connectivity index (χ3n) is 5.03. The molecule has 0 saturated carbocycles. The van der Waals surface area contributed by atoms with Crippen molar-refractivity contribution in [3.05, 3.63) is 95.6 Å². The number of amides is 1. The maximum absolute atomic E-state index is 13.6. The molecule has 0 spiro atoms. The lowest BCUT2D eigenvalue weighted by Gasteiger charge is -2.19. The summed E-state index contributed by atoms with van der Waals surface area (Å²) in [4.78, 5) is 29.1. The van der Waals surface area contributed by atoms with Gasteiger partial charge < -0.3 is 16.5 Å². The average Bonchev–Trinajstić information content (AvgIpc) is 2.79. The number of carbonyl (C=O) groups excluding carboxylic acids is 2. The summed E-state index contributed by atoms with van der Waals surface area (Å²) in [6.45, 7) is 1.83. The number of carbonyl (C=O) groups is 2. The fraction of sp³-hybridized carbons (Fsp3) is 0.167. The van der Waals surface area contributed by atoms with E-state index in [1.807, 2.05) is 6.92 Å². The summed E-state index contributed by atoms with van der Waals surface area (Å²) in [5.74, 6) is -1.80. The van der Waals surface area contributed by atoms with Crippen LogP contribution in [0.25, 0.3) is 0 Å². The van der Waals surface area contributed by atoms with Gasteiger partial charge in [-0.1, -0.05) is 31.2 Å². The molecule has 2 unspecified atom stereocenters. The first kappa shape index (κ1) is 22.0. The molecule has 3 rings (SSSR count). The van der Waals surface area contributed by atoms with Gasteiger partial charge in [-0.3, -0.25) is 14.6 Å². The van der Waals surface area contributed by atoms with E-state index in [2.05, 4.69) is 10.3 Å². The van der Waals surface area contributed by atoms with Crippen LogP contribution < -0.4 is 11.1 Å². The van der Waals surface area contributed by atoms with Crippen LogP contribution in [0, 0.1) is 11.2 Å². The number of halogens is 1. The number of benzene rings is 2. The van der Waals surface area contributed by atoms with Crippen LogP contribution >= 0.6 is 0 Å². The van der Waals surface area contributed by atoms with E-state index >= 15 is 0 Å². The molecule has 1 aromatic heterocycles. The Morgan fingerprint density at radius 2 is 1.74 bits per heavy atom. The Hall–Kier alpha value is -3.71. The molecule has 0 fully saturated rings. The van der Waals surface area contributed by atoms with Crippen LogP contribution in [0.2, 0.25) is 0 Å². The summed E-state index contributed by atoms with van der Waals surface area (Å²) in [7, 11) is 0. The molecular formula is C24H23FN4O2. The lowest BCUT2D eigenvalue weighted by molar-refractivity contribution is -0.114. The van der Waals surface area contributed by atoms with Gasteiger partial charge in [0.05, 0.1) is 11.8 Å². The molecule has 4 N–H and O–H groups in total. The second kappa shape index (κ2) is 9.86. The topological polar surface area (TPSA) is 109 Å². The molecule has 0 aliphatic rings. The second-order valence-electron chi connectivity index (χ2n) is 7.08. The molecule has 7 heteroatoms. The summed E-state index contributed by atoms with van der Waals surface area (Å²) in [6.07, 6.45) is 3.62. The first-order valence-electron chi connectivity index (χ1n) is 9.85. The van der Waals surface area contributed by atoms with Crippen molar-refractivity contribution in [2.45, 2.75) is 25.3 Å². The Balaban J connectivity index is 1.71. The molecule has 158 valence electrons. The van der Waals surface area contributed by atoms with Gasteiger partial charge in [0.25, 0.3) is 5.91 Å². The molecular weight excluding hydrogens is 395 g/mol. The maximum Gasteiger partial charge on any atom is 0.255 e. The van der Waals surface area contributed by atoms with Gasteiger partial charge in [0.1, 0.15) is 5.82 Å². The minimum Gasteiger partial charge on any atom is -0.322 e. The van der Waals surface area contributed by atoms with Crippen LogP contribution in [0.3, 0.4) is 0 Å². The SMILES string of the molecule is CCC(C(=N)C(=O)C(N)c1ccc(C(=O)Nc2ccncc2)cc1)c1cccc(F)c1. The Labute approximate surface area is 179 Å². The normalized spacial score (nSPS) is 12.6. The third kappa shape index (κ3) is 5.26. The monoisotopic (exact) mass is 418 g/mol. The van der Waals surface area contributed by atoms with Gasteiger partial charge in [-0.25, -0.2) is 4.39 Å². The summed E-state index contributed by atoms with van der Waals surface area (Å²) in [6, 6.07) is 14.6. The number of hydrogen-bond donors (Lipinski definition) is 3. The van der Waals surface area contributed by atoms with Gasteiger partial charge in [-0.05, 0) is 53.9 Å². The van der Waals surface area contributed by atoms with Crippen molar-refractivity contribution in [3.63, 3.8) is 0 Å². The number of ketones is 1. The molecule has 1 heterocycles. The van der Waals surface area contributed by atoms with Gasteiger partial charge >= 0.3 is 0 Å². The maximum atomic E-state index is 13.6. The fourth-order valence-corrected chi connectivity index (χ4v) is 3.30. The molecule has 0 aliphatic carbocycles. The number of anilines is 1. The minimum atomic E-state index is -1.05. The Kier molecular flexibility index (Phi) is 6.99. The first-order valence-corrected chi connectivity index (χ1v) is 9.85. The predicted molar refractivity (Wildman–Crippen MR) is 118 cm³/mol. The van der Waals surface area contributed by atoms with Gasteiger partial charge in [0.15, 0.2) is 5.78 Å². The van der Waals surface area contributed by atoms with Gasteiger partial charge in [-0.2, -0.15) is 0 Å². The van der Waals surface area contributed by atoms with Crippen molar-refractivity contribution in [1.82, 2.24) is 4.98 Å². The van der Waals surface area contributed by atoms with Crippen molar-refractivity contribution in [2.75, 3.05) is 5.32 Å². The van der Waals surface area contributed by atoms with Crippen LogP contribution in [-0.4, -0.2) is 22.4 Å². The average molecular weight is 418 g/mol. The van der Waals surface area contributed by atoms with Crippen molar-refractivity contribution in [3.8, 4) is 0 Å². The van der Waals surface area contributed by atoms with Gasteiger partial charge in [0.2, 0.25) is 0 Å². The number of nitrogens with one attached hydrogen (secondary N) is 2. The number of pyridine rings is 1. The van der Waals surface area contributed by atoms with E-state index in [9.17, 15) is 14.0 Å². The number of aromatic nitrogens is 1. The van der Waals surface area contributed by atoms with Crippen LogP contribution in [0.5, 0.6) is 0 Å². The van der Waals surface area contributed by atoms with Gasteiger partial charge in [-0.15, -0.1) is 0 Å². The number of rotatable bonds is 8. The largest absolute Gasteiger partial charge is 0.322 e. The van der Waals surface area contributed by atoms with E-state index in [1.165, 1.54) is 12.1 Å². The highest BCUT2D eigenvalue weighted by Gasteiger charge is 2.27. The molecule has 2 atom stereocenters. The summed E-state index contributed by atoms with van der Waals surface area (Å²) >= 11 is 0. The Morgan fingerprint density at radius 1 is 1.06 bits per heavy atom. The van der Waals surface area contributed by atoms with Crippen molar-refractivity contribution < 1.29 is 14.0 Å². The predicted octanol–water partition coefficient (Wildman–Crippen LogP) is 4.26. The molecule has 1 amide bonds. The molecule has 31 heavy (non-hydrogen) atoms. The molecule has 0 radical (unpaired) electrons. The highest BCUT2D eigenvalue weighted by Crippen LogP contribution is 2.25. The zero-order valence-corrected chi connectivity index (χ0v) is 17.0. The smallest absolute Gasteiger partial charge is 0.255 e. The third-order valence-corrected chi connectivity index (χ3v) is 5.03. The number of nitrogens with zero attached hydrogens (tertiary/aromatic N) is 1. The fourth-order valence-electron chi connectivity index (χ4n) is 3.30. The summed E-state index contributed by atoms with van der Waals surface area (Å²) in [5, 5.41) is 11.1. The van der Waals surface area contributed by atoms with E-state index in [0.717, 1.165) is 0 Å². The first-order chi connectivity index (χ1) is 14.9. The van der Waals surface area contributed by atoms with Crippen LogP contribution in [0.15, 0.2) is 73.1 Å². The van der Waals surface area contributed by atoms with E-state index in [-0.39, 0.29) is 11.6 Å². The van der Waals surface area contributed by atoms with E-state index in [0.29, 0.717) is 28.8 Å². The van der Waals surface area contributed by atoms with Crippen molar-refractivity contribution in [1.29, 1.82) is 5.41 Å². The summed E-state index contributed by atoms with van der Waals surface area (Å²) in [5.41, 5.74) is 8.03. The number of hydrogen-bond acceptors (Lipinski definition) is 5. The zero-order valence-electron chi connectivity index (χ0n) is 17.0. The molecule has 0 saturated heterocycles. The van der Waals surface area contributed by atoms with E-state index < -0.39 is 23.6 Å². The van der Waals surface area contributed by atoms with E-state index in [1.54, 1.807) is 60.9 Å². The van der Waals surface area contributed by atoms with Crippen LogP contribution in [0.1, 0.15) is 46.8 Å². The number of Topliss-reactive ketones (excluding diaryl/α,β-unsaturated/α-hetero) is 1. The minimum absolute atomic E-state index is 0.167. The molecule has 0 bridgehead atoms. The Morgan fingerprint density at radius 3 is 2.35 bits per heavy atom. The molecule has 3 aromatic rings. The molecule has 6 nitrogen and oxygen atoms in total. The Bertz CT molecular complexity index is 1080. The lowest BCUT2D eigenvalue weighted by atomic mass is 9.86. The molecule has 0 aliphatic heterocycles. The summed E-state index contributed by atoms with van der Waals surface area (Å²) < 4.78 is 13.6. The quantitative estimate of drug-likeness (QED) is 0.475. The van der Waals surface area contributed by atoms with E-state index in [4.69, 9.17) is 11.1 Å². The standard InChI is InChI=1S/C24H23FN4O2/c1-2-20(17-4-3-5-18(25)14-17)22(27)23(30)21(26)15-6-8-16(9-7-15)24(31)29-19-10-12-28-13-11-19/h3-14,20-21,27H,2,26H2,1H3,(H,28,29,31).